The number of rotatable bonds is 9. The summed E-state index contributed by atoms with van der Waals surface area (Å²) in [7, 11) is 0. The lowest BCUT2D eigenvalue weighted by Crippen LogP contribution is -2.22. The number of aryl methyl sites for hydroxylation is 1. The Morgan fingerprint density at radius 2 is 1.71 bits per heavy atom. The molecular formula is C31H30N4O3. The Balaban J connectivity index is 1.61. The van der Waals surface area contributed by atoms with Gasteiger partial charge in [-0.05, 0) is 48.7 Å². The average molecular weight is 507 g/mol. The third-order valence-electron chi connectivity index (χ3n) is 6.45. The molecule has 0 amide bonds. The van der Waals surface area contributed by atoms with Crippen molar-refractivity contribution in [2.75, 3.05) is 6.61 Å². The van der Waals surface area contributed by atoms with Gasteiger partial charge in [-0.2, -0.15) is 10.4 Å². The second kappa shape index (κ2) is 11.1. The van der Waals surface area contributed by atoms with E-state index in [1.165, 1.54) is 0 Å². The highest BCUT2D eigenvalue weighted by atomic mass is 16.5. The molecule has 1 aliphatic heterocycles. The maximum absolute atomic E-state index is 10.1. The Hall–Kier alpha value is -4.70. The minimum absolute atomic E-state index is 0.0764. The first-order valence-electron chi connectivity index (χ1n) is 12.8. The number of aromatic nitrogens is 2. The van der Waals surface area contributed by atoms with Crippen LogP contribution in [0.5, 0.6) is 17.4 Å². The molecule has 1 atom stereocenters. The van der Waals surface area contributed by atoms with Gasteiger partial charge < -0.3 is 19.9 Å². The van der Waals surface area contributed by atoms with Gasteiger partial charge in [0.2, 0.25) is 11.8 Å². The van der Waals surface area contributed by atoms with Crippen LogP contribution in [-0.4, -0.2) is 16.4 Å². The summed E-state index contributed by atoms with van der Waals surface area (Å²) in [6, 6.07) is 27.8. The van der Waals surface area contributed by atoms with Crippen LogP contribution < -0.4 is 19.9 Å². The molecule has 0 bridgehead atoms. The fourth-order valence-corrected chi connectivity index (χ4v) is 4.74. The van der Waals surface area contributed by atoms with Gasteiger partial charge in [0.25, 0.3) is 0 Å². The number of nitrogens with two attached hydrogens (primary N) is 1. The molecule has 0 unspecified atom stereocenters. The molecule has 1 aliphatic rings. The second-order valence-corrected chi connectivity index (χ2v) is 9.00. The first kappa shape index (κ1) is 25.0. The van der Waals surface area contributed by atoms with Gasteiger partial charge in [-0.1, -0.05) is 67.9 Å². The summed E-state index contributed by atoms with van der Waals surface area (Å²) in [5.74, 6) is 1.40. The van der Waals surface area contributed by atoms with Crippen LogP contribution in [0, 0.1) is 11.3 Å². The number of ether oxygens (including phenoxy) is 3. The minimum Gasteiger partial charge on any atom is -0.490 e. The maximum Gasteiger partial charge on any atom is 0.229 e. The van der Waals surface area contributed by atoms with Crippen LogP contribution in [0.3, 0.4) is 0 Å². The van der Waals surface area contributed by atoms with E-state index in [1.807, 2.05) is 85.8 Å². The first-order valence-corrected chi connectivity index (χ1v) is 12.8. The predicted molar refractivity (Wildman–Crippen MR) is 145 cm³/mol. The molecule has 7 nitrogen and oxygen atoms in total. The number of para-hydroxylation sites is 1. The van der Waals surface area contributed by atoms with Crippen molar-refractivity contribution in [1.29, 1.82) is 5.26 Å². The fraction of sp³-hybridized carbons (Fsp3) is 0.226. The summed E-state index contributed by atoms with van der Waals surface area (Å²) < 4.78 is 19.9. The van der Waals surface area contributed by atoms with Gasteiger partial charge in [-0.25, -0.2) is 4.68 Å². The highest BCUT2D eigenvalue weighted by molar-refractivity contribution is 5.59. The molecule has 38 heavy (non-hydrogen) atoms. The Kier molecular flexibility index (Phi) is 7.32. The summed E-state index contributed by atoms with van der Waals surface area (Å²) in [4.78, 5) is 0. The average Bonchev–Trinajstić information content (AvgIpc) is 3.30. The Morgan fingerprint density at radius 1 is 0.974 bits per heavy atom. The second-order valence-electron chi connectivity index (χ2n) is 9.00. The lowest BCUT2D eigenvalue weighted by molar-refractivity contribution is 0.269. The molecule has 2 heterocycles. The van der Waals surface area contributed by atoms with E-state index < -0.39 is 5.92 Å². The first-order chi connectivity index (χ1) is 18.6. The highest BCUT2D eigenvalue weighted by Crippen LogP contribution is 2.46. The van der Waals surface area contributed by atoms with Crippen molar-refractivity contribution in [2.45, 2.75) is 39.2 Å². The molecule has 3 aromatic carbocycles. The summed E-state index contributed by atoms with van der Waals surface area (Å²) in [6.07, 6.45) is 1.62. The zero-order valence-electron chi connectivity index (χ0n) is 21.6. The van der Waals surface area contributed by atoms with Gasteiger partial charge in [0.1, 0.15) is 18.2 Å². The van der Waals surface area contributed by atoms with Gasteiger partial charge >= 0.3 is 0 Å². The normalized spacial score (nSPS) is 14.4. The van der Waals surface area contributed by atoms with Crippen molar-refractivity contribution >= 4 is 0 Å². The Labute approximate surface area is 222 Å². The van der Waals surface area contributed by atoms with Crippen molar-refractivity contribution in [3.8, 4) is 29.1 Å². The van der Waals surface area contributed by atoms with Gasteiger partial charge in [0.05, 0.1) is 29.5 Å². The number of hydrogen-bond acceptors (Lipinski definition) is 6. The molecule has 5 rings (SSSR count). The van der Waals surface area contributed by atoms with E-state index in [-0.39, 0.29) is 5.88 Å². The fourth-order valence-electron chi connectivity index (χ4n) is 4.74. The molecule has 192 valence electrons. The molecular weight excluding hydrogens is 476 g/mol. The zero-order valence-corrected chi connectivity index (χ0v) is 21.6. The van der Waals surface area contributed by atoms with Crippen LogP contribution in [0.4, 0.5) is 0 Å². The van der Waals surface area contributed by atoms with Crippen LogP contribution in [0.1, 0.15) is 48.6 Å². The van der Waals surface area contributed by atoms with E-state index in [0.29, 0.717) is 36.2 Å². The number of nitrogens with zero attached hydrogens (tertiary/aromatic N) is 3. The molecule has 1 aromatic heterocycles. The largest absolute Gasteiger partial charge is 0.490 e. The standard InChI is InChI=1S/C31H30N4O3/c1-3-11-25-29-28(24(19-32)30(33)38-31(29)35(34-25)23-14-9-6-10-15-23)22-16-17-26(27(18-22)36-4-2)37-20-21-12-7-5-8-13-21/h5-10,12-18,28H,3-4,11,20,33H2,1-2H3/t28-/m1/s1. The number of allylic oxidation sites excluding steroid dienone is 1. The summed E-state index contributed by atoms with van der Waals surface area (Å²) in [6.45, 7) is 4.93. The minimum atomic E-state index is -0.454. The monoisotopic (exact) mass is 506 g/mol. The van der Waals surface area contributed by atoms with E-state index in [4.69, 9.17) is 25.0 Å². The molecule has 7 heteroatoms. The summed E-state index contributed by atoms with van der Waals surface area (Å²) >= 11 is 0. The molecule has 2 N–H and O–H groups in total. The molecule has 0 spiro atoms. The van der Waals surface area contributed by atoms with E-state index in [9.17, 15) is 5.26 Å². The van der Waals surface area contributed by atoms with E-state index in [1.54, 1.807) is 4.68 Å². The van der Waals surface area contributed by atoms with E-state index in [2.05, 4.69) is 13.0 Å². The van der Waals surface area contributed by atoms with E-state index >= 15 is 0 Å². The van der Waals surface area contributed by atoms with Crippen molar-refractivity contribution in [3.63, 3.8) is 0 Å². The van der Waals surface area contributed by atoms with Crippen molar-refractivity contribution in [1.82, 2.24) is 9.78 Å². The van der Waals surface area contributed by atoms with Crippen molar-refractivity contribution in [3.05, 3.63) is 113 Å². The topological polar surface area (TPSA) is 95.3 Å². The molecule has 0 radical (unpaired) electrons. The van der Waals surface area contributed by atoms with Crippen molar-refractivity contribution < 1.29 is 14.2 Å². The van der Waals surface area contributed by atoms with Crippen molar-refractivity contribution in [2.24, 2.45) is 5.73 Å². The van der Waals surface area contributed by atoms with Gasteiger partial charge in [-0.3, -0.25) is 0 Å². The third kappa shape index (κ3) is 4.81. The maximum atomic E-state index is 10.1. The molecule has 0 saturated heterocycles. The highest BCUT2D eigenvalue weighted by Gasteiger charge is 2.37. The number of fused-ring (bicyclic) bond motifs is 1. The van der Waals surface area contributed by atoms with Crippen LogP contribution in [0.2, 0.25) is 0 Å². The van der Waals surface area contributed by atoms with Gasteiger partial charge in [0, 0.05) is 0 Å². The lowest BCUT2D eigenvalue weighted by atomic mass is 9.83. The predicted octanol–water partition coefficient (Wildman–Crippen LogP) is 6.02. The number of benzene rings is 3. The quantitative estimate of drug-likeness (QED) is 0.298. The summed E-state index contributed by atoms with van der Waals surface area (Å²) in [5, 5.41) is 15.1. The Bertz CT molecular complexity index is 1490. The summed E-state index contributed by atoms with van der Waals surface area (Å²) in [5.41, 5.74) is 11.2. The SMILES string of the molecule is CCCc1nn(-c2ccccc2)c2c1[C@H](c1ccc(OCc3ccccc3)c(OCC)c1)C(C#N)=C(N)O2. The Morgan fingerprint density at radius 3 is 2.39 bits per heavy atom. The van der Waals surface area contributed by atoms with Crippen LogP contribution >= 0.6 is 0 Å². The van der Waals surface area contributed by atoms with E-state index in [0.717, 1.165) is 40.9 Å². The number of hydrogen-bond donors (Lipinski definition) is 1. The van der Waals surface area contributed by atoms with Gasteiger partial charge in [-0.15, -0.1) is 0 Å². The lowest BCUT2D eigenvalue weighted by Gasteiger charge is -2.26. The smallest absolute Gasteiger partial charge is 0.229 e. The number of nitriles is 1. The molecule has 4 aromatic rings. The third-order valence-corrected chi connectivity index (χ3v) is 6.45. The molecule has 0 fully saturated rings. The molecule has 0 aliphatic carbocycles. The zero-order chi connectivity index (χ0) is 26.5. The van der Waals surface area contributed by atoms with Crippen LogP contribution in [0.15, 0.2) is 90.3 Å². The van der Waals surface area contributed by atoms with Crippen LogP contribution in [-0.2, 0) is 13.0 Å². The van der Waals surface area contributed by atoms with Crippen LogP contribution in [0.25, 0.3) is 5.69 Å². The molecule has 0 saturated carbocycles. The van der Waals surface area contributed by atoms with Gasteiger partial charge in [0.15, 0.2) is 11.5 Å².